The van der Waals surface area contributed by atoms with Gasteiger partial charge in [0.1, 0.15) is 0 Å². The fourth-order valence-electron chi connectivity index (χ4n) is 1.89. The summed E-state index contributed by atoms with van der Waals surface area (Å²) in [5.74, 6) is -1.09. The third-order valence-electron chi connectivity index (χ3n) is 2.83. The molecule has 1 amide bonds. The van der Waals surface area contributed by atoms with Crippen LogP contribution in [-0.2, 0) is 4.74 Å². The van der Waals surface area contributed by atoms with Crippen LogP contribution in [0.2, 0.25) is 0 Å². The minimum absolute atomic E-state index is 0.0971. The van der Waals surface area contributed by atoms with E-state index in [4.69, 9.17) is 4.74 Å². The van der Waals surface area contributed by atoms with E-state index in [-0.39, 0.29) is 17.4 Å². The highest BCUT2D eigenvalue weighted by Gasteiger charge is 2.21. The molecule has 0 saturated heterocycles. The number of nitro benzene ring substituents is 1. The monoisotopic (exact) mass is 298 g/mol. The molecule has 116 valence electrons. The zero-order chi connectivity index (χ0) is 16.0. The highest BCUT2D eigenvalue weighted by Crippen LogP contribution is 2.20. The average molecular weight is 298 g/mol. The fraction of sp³-hybridized carbons (Fsp3) is 0.500. The molecule has 0 fully saturated rings. The highest BCUT2D eigenvalue weighted by molar-refractivity contribution is 5.94. The predicted molar refractivity (Wildman–Crippen MR) is 75.7 cm³/mol. The lowest BCUT2D eigenvalue weighted by Gasteiger charge is -2.24. The number of halogens is 1. The quantitative estimate of drug-likeness (QED) is 0.572. The summed E-state index contributed by atoms with van der Waals surface area (Å²) in [7, 11) is 1.53. The van der Waals surface area contributed by atoms with Gasteiger partial charge in [0.2, 0.25) is 5.82 Å². The summed E-state index contributed by atoms with van der Waals surface area (Å²) < 4.78 is 18.3. The molecular formula is C14H19FN2O4. The molecule has 0 radical (unpaired) electrons. The molecule has 0 atom stereocenters. The van der Waals surface area contributed by atoms with Gasteiger partial charge in [0, 0.05) is 31.8 Å². The smallest absolute Gasteiger partial charge is 0.305 e. The number of nitro groups is 1. The number of carbonyl (C=O) groups excluding carboxylic acids is 1. The van der Waals surface area contributed by atoms with Crippen molar-refractivity contribution < 1.29 is 18.8 Å². The number of ether oxygens (including phenoxy) is 1. The van der Waals surface area contributed by atoms with Crippen LogP contribution < -0.4 is 0 Å². The molecule has 0 saturated carbocycles. The first-order valence-corrected chi connectivity index (χ1v) is 6.59. The van der Waals surface area contributed by atoms with Crippen LogP contribution in [0.5, 0.6) is 0 Å². The second-order valence-corrected chi connectivity index (χ2v) is 5.06. The van der Waals surface area contributed by atoms with Crippen molar-refractivity contribution in [3.63, 3.8) is 0 Å². The maximum atomic E-state index is 13.3. The van der Waals surface area contributed by atoms with E-state index in [1.165, 1.54) is 13.2 Å². The van der Waals surface area contributed by atoms with Crippen molar-refractivity contribution in [3.05, 3.63) is 39.7 Å². The largest absolute Gasteiger partial charge is 0.383 e. The predicted octanol–water partition coefficient (Wildman–Crippen LogP) is 2.48. The summed E-state index contributed by atoms with van der Waals surface area (Å²) in [6, 6.07) is 3.16. The van der Waals surface area contributed by atoms with Crippen molar-refractivity contribution in [2.45, 2.75) is 13.8 Å². The molecular weight excluding hydrogens is 279 g/mol. The molecule has 21 heavy (non-hydrogen) atoms. The molecule has 1 rings (SSSR count). The Morgan fingerprint density at radius 2 is 2.14 bits per heavy atom. The van der Waals surface area contributed by atoms with Crippen molar-refractivity contribution >= 4 is 11.6 Å². The Labute approximate surface area is 122 Å². The molecule has 1 aromatic rings. The Hall–Kier alpha value is -2.02. The van der Waals surface area contributed by atoms with Gasteiger partial charge in [-0.15, -0.1) is 0 Å². The number of amides is 1. The van der Waals surface area contributed by atoms with Crippen molar-refractivity contribution in [2.75, 3.05) is 26.8 Å². The molecule has 0 bridgehead atoms. The number of benzene rings is 1. The fourth-order valence-corrected chi connectivity index (χ4v) is 1.89. The normalized spacial score (nSPS) is 10.7. The number of rotatable bonds is 7. The van der Waals surface area contributed by atoms with Crippen molar-refractivity contribution in [2.24, 2.45) is 5.92 Å². The van der Waals surface area contributed by atoms with Crippen LogP contribution in [0.25, 0.3) is 0 Å². The van der Waals surface area contributed by atoms with E-state index in [0.717, 1.165) is 12.1 Å². The summed E-state index contributed by atoms with van der Waals surface area (Å²) in [5.41, 5.74) is -0.600. The number of hydrogen-bond donors (Lipinski definition) is 0. The lowest BCUT2D eigenvalue weighted by molar-refractivity contribution is -0.387. The van der Waals surface area contributed by atoms with Crippen LogP contribution in [-0.4, -0.2) is 42.5 Å². The molecule has 0 aromatic heterocycles. The van der Waals surface area contributed by atoms with Crippen LogP contribution >= 0.6 is 0 Å². The van der Waals surface area contributed by atoms with Crippen LogP contribution in [0.4, 0.5) is 10.1 Å². The molecule has 0 aliphatic heterocycles. The molecule has 6 nitrogen and oxygen atoms in total. The molecule has 1 aromatic carbocycles. The van der Waals surface area contributed by atoms with E-state index in [9.17, 15) is 19.3 Å². The van der Waals surface area contributed by atoms with Gasteiger partial charge in [0.15, 0.2) is 0 Å². The molecule has 0 spiro atoms. The summed E-state index contributed by atoms with van der Waals surface area (Å²) in [6.45, 7) is 5.15. The molecule has 0 unspecified atom stereocenters. The number of carbonyl (C=O) groups is 1. The Morgan fingerprint density at radius 1 is 1.48 bits per heavy atom. The maximum absolute atomic E-state index is 13.3. The third-order valence-corrected chi connectivity index (χ3v) is 2.83. The van der Waals surface area contributed by atoms with E-state index in [1.54, 1.807) is 4.90 Å². The minimum Gasteiger partial charge on any atom is -0.383 e. The average Bonchev–Trinajstić information content (AvgIpc) is 2.42. The maximum Gasteiger partial charge on any atom is 0.305 e. The molecule has 7 heteroatoms. The van der Waals surface area contributed by atoms with Gasteiger partial charge in [0.25, 0.3) is 5.91 Å². The zero-order valence-corrected chi connectivity index (χ0v) is 12.3. The van der Waals surface area contributed by atoms with Crippen LogP contribution in [0, 0.1) is 21.8 Å². The lowest BCUT2D eigenvalue weighted by atomic mass is 10.1. The molecule has 0 heterocycles. The number of methoxy groups -OCH3 is 1. The zero-order valence-electron chi connectivity index (χ0n) is 12.3. The first-order valence-electron chi connectivity index (χ1n) is 6.59. The standard InChI is InChI=1S/C14H19FN2O4/c1-10(2)9-16(6-7-21-3)14(18)11-4-5-12(15)13(8-11)17(19)20/h4-5,8,10H,6-7,9H2,1-3H3. The van der Waals surface area contributed by atoms with Crippen molar-refractivity contribution in [1.82, 2.24) is 4.90 Å². The molecule has 0 aliphatic carbocycles. The van der Waals surface area contributed by atoms with Crippen LogP contribution in [0.1, 0.15) is 24.2 Å². The minimum atomic E-state index is -0.955. The van der Waals surface area contributed by atoms with Crippen LogP contribution in [0.15, 0.2) is 18.2 Å². The topological polar surface area (TPSA) is 72.7 Å². The van der Waals surface area contributed by atoms with E-state index in [0.29, 0.717) is 19.7 Å². The summed E-state index contributed by atoms with van der Waals surface area (Å²) in [5, 5.41) is 10.7. The second-order valence-electron chi connectivity index (χ2n) is 5.06. The summed E-state index contributed by atoms with van der Waals surface area (Å²) in [4.78, 5) is 23.8. The Bertz CT molecular complexity index is 520. The second kappa shape index (κ2) is 7.68. The van der Waals surface area contributed by atoms with Gasteiger partial charge in [-0.25, -0.2) is 0 Å². The first-order chi connectivity index (χ1) is 9.86. The number of hydrogen-bond acceptors (Lipinski definition) is 4. The van der Waals surface area contributed by atoms with E-state index < -0.39 is 16.4 Å². The lowest BCUT2D eigenvalue weighted by Crippen LogP contribution is -2.36. The third kappa shape index (κ3) is 4.78. The molecule has 0 N–H and O–H groups in total. The Balaban J connectivity index is 3.02. The SMILES string of the molecule is COCCN(CC(C)C)C(=O)c1ccc(F)c([N+](=O)[O-])c1. The highest BCUT2D eigenvalue weighted by atomic mass is 19.1. The van der Waals surface area contributed by atoms with E-state index in [2.05, 4.69) is 0 Å². The van der Waals surface area contributed by atoms with Gasteiger partial charge < -0.3 is 9.64 Å². The van der Waals surface area contributed by atoms with Gasteiger partial charge in [0.05, 0.1) is 11.5 Å². The van der Waals surface area contributed by atoms with Gasteiger partial charge in [-0.05, 0) is 18.1 Å². The van der Waals surface area contributed by atoms with Crippen molar-refractivity contribution in [3.8, 4) is 0 Å². The van der Waals surface area contributed by atoms with Gasteiger partial charge in [-0.2, -0.15) is 4.39 Å². The van der Waals surface area contributed by atoms with Gasteiger partial charge >= 0.3 is 5.69 Å². The summed E-state index contributed by atoms with van der Waals surface area (Å²) in [6.07, 6.45) is 0. The number of nitrogens with zero attached hydrogens (tertiary/aromatic N) is 2. The van der Waals surface area contributed by atoms with Gasteiger partial charge in [-0.1, -0.05) is 13.8 Å². The van der Waals surface area contributed by atoms with Crippen molar-refractivity contribution in [1.29, 1.82) is 0 Å². The summed E-state index contributed by atoms with van der Waals surface area (Å²) >= 11 is 0. The Kier molecular flexibility index (Phi) is 6.23. The van der Waals surface area contributed by atoms with Gasteiger partial charge in [-0.3, -0.25) is 14.9 Å². The molecule has 0 aliphatic rings. The van der Waals surface area contributed by atoms with E-state index in [1.807, 2.05) is 13.8 Å². The Morgan fingerprint density at radius 3 is 2.67 bits per heavy atom. The van der Waals surface area contributed by atoms with E-state index >= 15 is 0 Å². The first kappa shape index (κ1) is 17.0. The van der Waals surface area contributed by atoms with Crippen LogP contribution in [0.3, 0.4) is 0 Å².